The zero-order valence-electron chi connectivity index (χ0n) is 20.5. The van der Waals surface area contributed by atoms with Crippen LogP contribution in [0.4, 0.5) is 0 Å². The molecule has 0 bridgehead atoms. The van der Waals surface area contributed by atoms with E-state index in [1.807, 2.05) is 42.1 Å². The molecule has 1 N–H and O–H groups in total. The molecule has 7 nitrogen and oxygen atoms in total. The number of hydrogen-bond acceptors (Lipinski definition) is 5. The Hall–Kier alpha value is -3.58. The highest BCUT2D eigenvalue weighted by molar-refractivity contribution is 6.46. The van der Waals surface area contributed by atoms with Gasteiger partial charge in [0.05, 0.1) is 24.8 Å². The second-order valence-electron chi connectivity index (χ2n) is 8.78. The predicted molar refractivity (Wildman–Crippen MR) is 135 cm³/mol. The number of aliphatic hydroxyl groups is 1. The fourth-order valence-corrected chi connectivity index (χ4v) is 4.62. The standard InChI is InChI=1S/C28H32N2O5/c1-4-5-8-16-35-20-13-11-19(12-14-20)26(31)24-25(30(15-17-34-3)28(33)27(24)32)22-18-29(2)23-10-7-6-9-21(22)23/h6-7,9-14,18,25,31H,4-5,8,15-17H2,1-3H3/b26-24+. The fourth-order valence-electron chi connectivity index (χ4n) is 4.62. The first kappa shape index (κ1) is 24.5. The summed E-state index contributed by atoms with van der Waals surface area (Å²) < 4.78 is 12.9. The van der Waals surface area contributed by atoms with Crippen LogP contribution in [0.2, 0.25) is 0 Å². The summed E-state index contributed by atoms with van der Waals surface area (Å²) in [5.74, 6) is -0.837. The molecule has 0 spiro atoms. The van der Waals surface area contributed by atoms with Gasteiger partial charge in [0.15, 0.2) is 0 Å². The van der Waals surface area contributed by atoms with Crippen molar-refractivity contribution >= 4 is 28.4 Å². The SMILES string of the molecule is CCCCCOc1ccc(/C(O)=C2\C(=O)C(=O)N(CCOC)C2c2cn(C)c3ccccc23)cc1. The summed E-state index contributed by atoms with van der Waals surface area (Å²) in [7, 11) is 3.47. The predicted octanol–water partition coefficient (Wildman–Crippen LogP) is 4.82. The second-order valence-corrected chi connectivity index (χ2v) is 8.78. The number of ketones is 1. The van der Waals surface area contributed by atoms with E-state index in [-0.39, 0.29) is 24.5 Å². The van der Waals surface area contributed by atoms with E-state index in [0.717, 1.165) is 35.7 Å². The minimum Gasteiger partial charge on any atom is -0.507 e. The Balaban J connectivity index is 1.76. The Labute approximate surface area is 205 Å². The van der Waals surface area contributed by atoms with Gasteiger partial charge in [-0.3, -0.25) is 9.59 Å². The summed E-state index contributed by atoms with van der Waals surface area (Å²) in [6, 6.07) is 14.1. The number of ether oxygens (including phenoxy) is 2. The van der Waals surface area contributed by atoms with Gasteiger partial charge in [0.2, 0.25) is 0 Å². The van der Waals surface area contributed by atoms with Crippen LogP contribution in [0, 0.1) is 0 Å². The average Bonchev–Trinajstić information content (AvgIpc) is 3.33. The molecule has 1 atom stereocenters. The van der Waals surface area contributed by atoms with E-state index in [9.17, 15) is 14.7 Å². The number of likely N-dealkylation sites (tertiary alicyclic amines) is 1. The maximum absolute atomic E-state index is 13.2. The summed E-state index contributed by atoms with van der Waals surface area (Å²) in [5, 5.41) is 12.2. The van der Waals surface area contributed by atoms with E-state index >= 15 is 0 Å². The maximum Gasteiger partial charge on any atom is 0.295 e. The van der Waals surface area contributed by atoms with Gasteiger partial charge in [-0.25, -0.2) is 0 Å². The van der Waals surface area contributed by atoms with Crippen molar-refractivity contribution in [3.63, 3.8) is 0 Å². The van der Waals surface area contributed by atoms with Gasteiger partial charge in [-0.1, -0.05) is 38.0 Å². The number of para-hydroxylation sites is 1. The number of carbonyl (C=O) groups is 2. The molecule has 1 aliphatic heterocycles. The highest BCUT2D eigenvalue weighted by Crippen LogP contribution is 2.42. The van der Waals surface area contributed by atoms with Crippen LogP contribution in [0.5, 0.6) is 5.75 Å². The molecule has 3 aromatic rings. The number of methoxy groups -OCH3 is 1. The minimum atomic E-state index is -0.721. The molecule has 0 saturated carbocycles. The Bertz CT molecular complexity index is 1240. The highest BCUT2D eigenvalue weighted by Gasteiger charge is 2.46. The molecule has 0 radical (unpaired) electrons. The van der Waals surface area contributed by atoms with Crippen LogP contribution < -0.4 is 4.74 Å². The molecule has 1 unspecified atom stereocenters. The van der Waals surface area contributed by atoms with Crippen molar-refractivity contribution in [3.8, 4) is 5.75 Å². The summed E-state index contributed by atoms with van der Waals surface area (Å²) in [4.78, 5) is 27.8. The van der Waals surface area contributed by atoms with Crippen molar-refractivity contribution in [1.82, 2.24) is 9.47 Å². The average molecular weight is 477 g/mol. The van der Waals surface area contributed by atoms with Crippen molar-refractivity contribution in [3.05, 3.63) is 71.4 Å². The van der Waals surface area contributed by atoms with Gasteiger partial charge in [0.25, 0.3) is 11.7 Å². The lowest BCUT2D eigenvalue weighted by Gasteiger charge is -2.24. The monoisotopic (exact) mass is 476 g/mol. The van der Waals surface area contributed by atoms with Crippen LogP contribution in [0.1, 0.15) is 43.4 Å². The molecule has 2 heterocycles. The second kappa shape index (κ2) is 10.8. The van der Waals surface area contributed by atoms with E-state index in [4.69, 9.17) is 9.47 Å². The van der Waals surface area contributed by atoms with Crippen molar-refractivity contribution in [1.29, 1.82) is 0 Å². The number of aryl methyl sites for hydroxylation is 1. The third-order valence-corrected chi connectivity index (χ3v) is 6.44. The third-order valence-electron chi connectivity index (χ3n) is 6.44. The smallest absolute Gasteiger partial charge is 0.295 e. The number of hydrogen-bond donors (Lipinski definition) is 1. The van der Waals surface area contributed by atoms with E-state index in [0.29, 0.717) is 17.9 Å². The fraction of sp³-hybridized carbons (Fsp3) is 0.357. The van der Waals surface area contributed by atoms with Gasteiger partial charge in [-0.2, -0.15) is 0 Å². The van der Waals surface area contributed by atoms with Crippen molar-refractivity contribution in [2.24, 2.45) is 7.05 Å². The Morgan fingerprint density at radius 3 is 2.49 bits per heavy atom. The molecule has 1 fully saturated rings. The molecule has 7 heteroatoms. The van der Waals surface area contributed by atoms with Gasteiger partial charge >= 0.3 is 0 Å². The summed E-state index contributed by atoms with van der Waals surface area (Å²) >= 11 is 0. The number of amides is 1. The van der Waals surface area contributed by atoms with Crippen LogP contribution in [-0.2, 0) is 21.4 Å². The van der Waals surface area contributed by atoms with Gasteiger partial charge in [-0.15, -0.1) is 0 Å². The molecule has 0 aliphatic carbocycles. The lowest BCUT2D eigenvalue weighted by Crippen LogP contribution is -2.32. The first-order valence-electron chi connectivity index (χ1n) is 12.0. The molecular formula is C28H32N2O5. The van der Waals surface area contributed by atoms with E-state index < -0.39 is 17.7 Å². The highest BCUT2D eigenvalue weighted by atomic mass is 16.5. The van der Waals surface area contributed by atoms with Gasteiger partial charge in [-0.05, 0) is 36.8 Å². The van der Waals surface area contributed by atoms with Crippen molar-refractivity contribution < 1.29 is 24.2 Å². The molecule has 1 saturated heterocycles. The summed E-state index contributed by atoms with van der Waals surface area (Å²) in [6.45, 7) is 3.28. The molecule has 2 aromatic carbocycles. The molecule has 1 amide bonds. The van der Waals surface area contributed by atoms with Crippen LogP contribution in [0.3, 0.4) is 0 Å². The molecule has 184 valence electrons. The number of rotatable bonds is 10. The number of aliphatic hydroxyl groups excluding tert-OH is 1. The van der Waals surface area contributed by atoms with E-state index in [2.05, 4.69) is 6.92 Å². The number of fused-ring (bicyclic) bond motifs is 1. The maximum atomic E-state index is 13.2. The molecule has 1 aromatic heterocycles. The first-order valence-corrected chi connectivity index (χ1v) is 12.0. The molecule has 35 heavy (non-hydrogen) atoms. The Kier molecular flexibility index (Phi) is 7.56. The normalized spacial score (nSPS) is 17.5. The number of nitrogens with zero attached hydrogens (tertiary/aromatic N) is 2. The van der Waals surface area contributed by atoms with E-state index in [1.54, 1.807) is 31.4 Å². The molecular weight excluding hydrogens is 444 g/mol. The Morgan fingerprint density at radius 1 is 1.03 bits per heavy atom. The molecule has 4 rings (SSSR count). The zero-order valence-corrected chi connectivity index (χ0v) is 20.5. The Morgan fingerprint density at radius 2 is 1.77 bits per heavy atom. The lowest BCUT2D eigenvalue weighted by atomic mass is 9.95. The van der Waals surface area contributed by atoms with Crippen molar-refractivity contribution in [2.45, 2.75) is 32.2 Å². The number of unbranched alkanes of at least 4 members (excludes halogenated alkanes) is 2. The van der Waals surface area contributed by atoms with Crippen LogP contribution in [0.25, 0.3) is 16.7 Å². The van der Waals surface area contributed by atoms with E-state index in [1.165, 1.54) is 4.90 Å². The van der Waals surface area contributed by atoms with Gasteiger partial charge in [0.1, 0.15) is 11.5 Å². The van der Waals surface area contributed by atoms with Crippen LogP contribution >= 0.6 is 0 Å². The number of carbonyl (C=O) groups excluding carboxylic acids is 2. The van der Waals surface area contributed by atoms with Gasteiger partial charge < -0.3 is 24.0 Å². The third kappa shape index (κ3) is 4.82. The number of Topliss-reactive ketones (excluding diaryl/α,β-unsaturated/α-hetero) is 1. The topological polar surface area (TPSA) is 81.0 Å². The van der Waals surface area contributed by atoms with Crippen LogP contribution in [-0.4, -0.2) is 53.1 Å². The summed E-state index contributed by atoms with van der Waals surface area (Å²) in [5.41, 5.74) is 2.31. The summed E-state index contributed by atoms with van der Waals surface area (Å²) in [6.07, 6.45) is 5.13. The quantitative estimate of drug-likeness (QED) is 0.196. The number of benzene rings is 2. The van der Waals surface area contributed by atoms with Crippen LogP contribution in [0.15, 0.2) is 60.3 Å². The van der Waals surface area contributed by atoms with Gasteiger partial charge in [0, 0.05) is 48.9 Å². The first-order chi connectivity index (χ1) is 17.0. The minimum absolute atomic E-state index is 0.0825. The van der Waals surface area contributed by atoms with Crippen molar-refractivity contribution in [2.75, 3.05) is 26.9 Å². The zero-order chi connectivity index (χ0) is 24.9. The largest absolute Gasteiger partial charge is 0.507 e. The molecule has 1 aliphatic rings. The lowest BCUT2D eigenvalue weighted by molar-refractivity contribution is -0.140. The number of aromatic nitrogens is 1.